The highest BCUT2D eigenvalue weighted by Crippen LogP contribution is 2.31. The van der Waals surface area contributed by atoms with Crippen molar-refractivity contribution in [2.24, 2.45) is 7.05 Å². The number of esters is 1. The van der Waals surface area contributed by atoms with E-state index in [1.165, 1.54) is 30.1 Å². The number of nitrogens with two attached hydrogens (primary N) is 1. The first-order valence-corrected chi connectivity index (χ1v) is 10.2. The van der Waals surface area contributed by atoms with Crippen molar-refractivity contribution in [1.29, 1.82) is 0 Å². The Balaban J connectivity index is 1.99. The van der Waals surface area contributed by atoms with Crippen LogP contribution in [0.3, 0.4) is 0 Å². The summed E-state index contributed by atoms with van der Waals surface area (Å²) in [7, 11) is 1.46. The second kappa shape index (κ2) is 8.58. The average molecular weight is 471 g/mol. The summed E-state index contributed by atoms with van der Waals surface area (Å²) in [6, 6.07) is 11.1. The van der Waals surface area contributed by atoms with E-state index in [9.17, 15) is 22.8 Å². The third-order valence-corrected chi connectivity index (χ3v) is 5.19. The Morgan fingerprint density at radius 3 is 2.47 bits per heavy atom. The fourth-order valence-electron chi connectivity index (χ4n) is 3.68. The molecule has 2 heterocycles. The Bertz CT molecular complexity index is 1420. The normalized spacial score (nSPS) is 11.6. The molecule has 4 aromatic rings. The maximum atomic E-state index is 13.4. The molecular formula is C23H20F3N5O3. The molecule has 0 fully saturated rings. The maximum absolute atomic E-state index is 13.4. The lowest BCUT2D eigenvalue weighted by molar-refractivity contribution is -0.137. The van der Waals surface area contributed by atoms with Crippen molar-refractivity contribution in [3.8, 4) is 22.9 Å². The summed E-state index contributed by atoms with van der Waals surface area (Å²) < 4.78 is 48.9. The van der Waals surface area contributed by atoms with Crippen LogP contribution in [0.15, 0.2) is 65.7 Å². The van der Waals surface area contributed by atoms with Gasteiger partial charge in [0.15, 0.2) is 11.4 Å². The highest BCUT2D eigenvalue weighted by Gasteiger charge is 2.33. The van der Waals surface area contributed by atoms with Gasteiger partial charge < -0.3 is 10.5 Å². The van der Waals surface area contributed by atoms with Gasteiger partial charge in [-0.1, -0.05) is 6.07 Å². The molecule has 176 valence electrons. The number of carbonyl (C=O) groups excluding carboxylic acids is 1. The van der Waals surface area contributed by atoms with Gasteiger partial charge in [0.1, 0.15) is 5.69 Å². The quantitative estimate of drug-likeness (QED) is 0.353. The van der Waals surface area contributed by atoms with E-state index in [1.807, 2.05) is 0 Å². The molecule has 0 unspecified atom stereocenters. The van der Waals surface area contributed by atoms with E-state index in [1.54, 1.807) is 42.0 Å². The molecule has 0 aliphatic rings. The van der Waals surface area contributed by atoms with Crippen molar-refractivity contribution >= 4 is 11.7 Å². The lowest BCUT2D eigenvalue weighted by atomic mass is 10.2. The molecule has 0 saturated carbocycles. The smallest absolute Gasteiger partial charge is 0.416 e. The lowest BCUT2D eigenvalue weighted by Gasteiger charge is -2.13. The van der Waals surface area contributed by atoms with E-state index < -0.39 is 23.3 Å². The van der Waals surface area contributed by atoms with Crippen molar-refractivity contribution < 1.29 is 22.7 Å². The van der Waals surface area contributed by atoms with Crippen LogP contribution < -0.4 is 11.3 Å². The Morgan fingerprint density at radius 2 is 1.82 bits per heavy atom. The average Bonchev–Trinajstić information content (AvgIpc) is 3.36. The number of benzene rings is 2. The Hall–Kier alpha value is -4.28. The van der Waals surface area contributed by atoms with Crippen molar-refractivity contribution in [1.82, 2.24) is 18.9 Å². The van der Waals surface area contributed by atoms with Gasteiger partial charge in [-0.2, -0.15) is 13.2 Å². The molecule has 34 heavy (non-hydrogen) atoms. The fourth-order valence-corrected chi connectivity index (χ4v) is 3.68. The Kier molecular flexibility index (Phi) is 5.78. The van der Waals surface area contributed by atoms with Gasteiger partial charge in [0.2, 0.25) is 0 Å². The second-order valence-corrected chi connectivity index (χ2v) is 7.35. The van der Waals surface area contributed by atoms with Crippen LogP contribution in [0.1, 0.15) is 22.8 Å². The van der Waals surface area contributed by atoms with Crippen LogP contribution in [0, 0.1) is 0 Å². The molecule has 8 nitrogen and oxygen atoms in total. The van der Waals surface area contributed by atoms with Gasteiger partial charge in [0.05, 0.1) is 17.9 Å². The van der Waals surface area contributed by atoms with Crippen molar-refractivity contribution in [3.63, 3.8) is 0 Å². The zero-order valence-corrected chi connectivity index (χ0v) is 18.2. The molecule has 0 radical (unpaired) electrons. The SMILES string of the molecule is CCOC(=O)c1c(-c2nccn2-c2ccc(N)cc2)n(C)n(-c2cccc(C(F)(F)F)c2)c1=O. The molecule has 0 aliphatic carbocycles. The van der Waals surface area contributed by atoms with Gasteiger partial charge in [0, 0.05) is 30.8 Å². The van der Waals surface area contributed by atoms with Crippen molar-refractivity contribution in [2.45, 2.75) is 13.1 Å². The minimum absolute atomic E-state index is 0.00255. The van der Waals surface area contributed by atoms with Crippen LogP contribution in [-0.2, 0) is 18.0 Å². The molecule has 0 atom stereocenters. The second-order valence-electron chi connectivity index (χ2n) is 7.35. The number of hydrogen-bond acceptors (Lipinski definition) is 5. The fraction of sp³-hybridized carbons (Fsp3) is 0.174. The molecule has 11 heteroatoms. The number of rotatable bonds is 5. The largest absolute Gasteiger partial charge is 0.462 e. The van der Waals surface area contributed by atoms with Crippen LogP contribution in [0.4, 0.5) is 18.9 Å². The van der Waals surface area contributed by atoms with Crippen LogP contribution in [0.2, 0.25) is 0 Å². The van der Waals surface area contributed by atoms with Crippen LogP contribution in [0.5, 0.6) is 0 Å². The third-order valence-electron chi connectivity index (χ3n) is 5.19. The number of carbonyl (C=O) groups is 1. The van der Waals surface area contributed by atoms with Gasteiger partial charge in [0.25, 0.3) is 5.56 Å². The summed E-state index contributed by atoms with van der Waals surface area (Å²) in [5.74, 6) is -0.686. The number of halogens is 3. The summed E-state index contributed by atoms with van der Waals surface area (Å²) in [4.78, 5) is 30.5. The van der Waals surface area contributed by atoms with Crippen LogP contribution in [-0.4, -0.2) is 31.5 Å². The summed E-state index contributed by atoms with van der Waals surface area (Å²) in [6.45, 7) is 1.59. The molecule has 0 saturated heterocycles. The van der Waals surface area contributed by atoms with E-state index >= 15 is 0 Å². The summed E-state index contributed by atoms with van der Waals surface area (Å²) in [5.41, 5.74) is 4.87. The first-order chi connectivity index (χ1) is 16.1. The van der Waals surface area contributed by atoms with E-state index in [-0.39, 0.29) is 29.4 Å². The highest BCUT2D eigenvalue weighted by atomic mass is 19.4. The first kappa shape index (κ1) is 22.9. The molecule has 0 spiro atoms. The number of anilines is 1. The molecule has 0 amide bonds. The van der Waals surface area contributed by atoms with E-state index in [2.05, 4.69) is 4.98 Å². The highest BCUT2D eigenvalue weighted by molar-refractivity contribution is 5.95. The number of alkyl halides is 3. The van der Waals surface area contributed by atoms with Crippen LogP contribution >= 0.6 is 0 Å². The van der Waals surface area contributed by atoms with Gasteiger partial charge in [-0.15, -0.1) is 0 Å². The Labute approximate surface area is 191 Å². The molecule has 0 bridgehead atoms. The Morgan fingerprint density at radius 1 is 1.12 bits per heavy atom. The van der Waals surface area contributed by atoms with Gasteiger partial charge in [-0.25, -0.2) is 14.5 Å². The summed E-state index contributed by atoms with van der Waals surface area (Å²) in [5, 5.41) is 0. The van der Waals surface area contributed by atoms with Gasteiger partial charge in [-0.3, -0.25) is 14.0 Å². The molecule has 4 rings (SSSR count). The number of hydrogen-bond donors (Lipinski definition) is 1. The van der Waals surface area contributed by atoms with Gasteiger partial charge >= 0.3 is 12.1 Å². The molecular weight excluding hydrogens is 451 g/mol. The first-order valence-electron chi connectivity index (χ1n) is 10.2. The minimum Gasteiger partial charge on any atom is -0.462 e. The maximum Gasteiger partial charge on any atom is 0.416 e. The summed E-state index contributed by atoms with van der Waals surface area (Å²) >= 11 is 0. The predicted molar refractivity (Wildman–Crippen MR) is 119 cm³/mol. The van der Waals surface area contributed by atoms with E-state index in [4.69, 9.17) is 10.5 Å². The molecule has 2 aromatic carbocycles. The predicted octanol–water partition coefficient (Wildman–Crippen LogP) is 3.81. The number of aromatic nitrogens is 4. The topological polar surface area (TPSA) is 97.1 Å². The van der Waals surface area contributed by atoms with Gasteiger partial charge in [-0.05, 0) is 49.4 Å². The van der Waals surface area contributed by atoms with Crippen molar-refractivity contribution in [2.75, 3.05) is 12.3 Å². The minimum atomic E-state index is -4.61. The third kappa shape index (κ3) is 3.96. The van der Waals surface area contributed by atoms with Crippen LogP contribution in [0.25, 0.3) is 22.9 Å². The lowest BCUT2D eigenvalue weighted by Crippen LogP contribution is -2.23. The number of imidazole rings is 1. The number of nitrogen functional groups attached to an aromatic ring is 1. The zero-order valence-electron chi connectivity index (χ0n) is 18.2. The van der Waals surface area contributed by atoms with E-state index in [0.717, 1.165) is 16.8 Å². The number of nitrogens with zero attached hydrogens (tertiary/aromatic N) is 4. The van der Waals surface area contributed by atoms with E-state index in [0.29, 0.717) is 11.4 Å². The monoisotopic (exact) mass is 471 g/mol. The summed E-state index contributed by atoms with van der Waals surface area (Å²) in [6.07, 6.45) is -1.50. The molecule has 2 N–H and O–H groups in total. The molecule has 0 aliphatic heterocycles. The standard InChI is InChI=1S/C23H20F3N5O3/c1-3-34-22(33)18-19(20-28-11-12-30(20)16-9-7-15(27)8-10-16)29(2)31(21(18)32)17-6-4-5-14(13-17)23(24,25)26/h4-13H,3,27H2,1-2H3. The zero-order chi connectivity index (χ0) is 24.6. The molecule has 2 aromatic heterocycles. The van der Waals surface area contributed by atoms with Crippen molar-refractivity contribution in [3.05, 3.63) is 82.4 Å². The number of ether oxygens (including phenoxy) is 1.